The molecule has 0 amide bonds. The maximum Gasteiger partial charge on any atom is 0.238 e. The first kappa shape index (κ1) is 48.7. The summed E-state index contributed by atoms with van der Waals surface area (Å²) >= 11 is 0. The van der Waals surface area contributed by atoms with E-state index in [4.69, 9.17) is 4.85 Å². The molecule has 4 heterocycles. The first-order valence-corrected chi connectivity index (χ1v) is 29.0. The third kappa shape index (κ3) is 7.24. The van der Waals surface area contributed by atoms with Gasteiger partial charge in [0.1, 0.15) is 11.6 Å². The zero-order chi connectivity index (χ0) is 57.0. The summed E-state index contributed by atoms with van der Waals surface area (Å²) < 4.78 is 9.14. The molecule has 4 aromatic heterocycles. The number of nitriles is 1. The fourth-order valence-electron chi connectivity index (χ4n) is 13.9. The number of aromatic nitrogens is 4. The highest BCUT2D eigenvalue weighted by molar-refractivity contribution is 6.18. The molecule has 0 fully saturated rings. The molecule has 0 atom stereocenters. The van der Waals surface area contributed by atoms with Gasteiger partial charge in [0.05, 0.1) is 73.5 Å². The molecule has 6 nitrogen and oxygen atoms in total. The molecule has 0 aliphatic carbocycles. The Kier molecular flexibility index (Phi) is 11.0. The molecule has 0 radical (unpaired) electrons. The topological polar surface area (TPSA) is 47.9 Å². The van der Waals surface area contributed by atoms with Crippen LogP contribution in [-0.4, -0.2) is 18.3 Å². The largest absolute Gasteiger partial charge is 0.317 e. The van der Waals surface area contributed by atoms with E-state index in [2.05, 4.69) is 291 Å². The van der Waals surface area contributed by atoms with E-state index in [0.29, 0.717) is 34.0 Å². The molecule has 17 rings (SSSR count). The summed E-state index contributed by atoms with van der Waals surface area (Å²) in [5, 5.41) is 21.2. The second-order valence-electron chi connectivity index (χ2n) is 22.1. The summed E-state index contributed by atoms with van der Waals surface area (Å²) in [5.74, 6) is 0. The van der Waals surface area contributed by atoms with Gasteiger partial charge < -0.3 is 18.3 Å². The van der Waals surface area contributed by atoms with Crippen molar-refractivity contribution in [3.05, 3.63) is 308 Å². The van der Waals surface area contributed by atoms with E-state index in [9.17, 15) is 11.8 Å². The number of para-hydroxylation sites is 4. The minimum atomic E-state index is 0.386. The van der Waals surface area contributed by atoms with Gasteiger partial charge in [-0.1, -0.05) is 218 Å². The van der Waals surface area contributed by atoms with Crippen LogP contribution >= 0.6 is 0 Å². The van der Waals surface area contributed by atoms with Gasteiger partial charge in [-0.05, 0) is 117 Å². The molecule has 0 saturated carbocycles. The highest BCUT2D eigenvalue weighted by Crippen LogP contribution is 2.52. The maximum absolute atomic E-state index is 13.0. The van der Waals surface area contributed by atoms with E-state index in [1.165, 1.54) is 0 Å². The van der Waals surface area contributed by atoms with E-state index >= 15 is 0 Å². The summed E-state index contributed by atoms with van der Waals surface area (Å²) in [6, 6.07) is 106. The third-order valence-corrected chi connectivity index (χ3v) is 17.6. The molecule has 0 unspecified atom stereocenters. The van der Waals surface area contributed by atoms with Crippen LogP contribution in [0, 0.1) is 17.9 Å². The molecule has 13 aromatic carbocycles. The molecule has 0 saturated heterocycles. The van der Waals surface area contributed by atoms with Crippen molar-refractivity contribution in [1.29, 1.82) is 5.26 Å². The number of fused-ring (bicyclic) bond motifs is 12. The highest BCUT2D eigenvalue weighted by atomic mass is 15.1. The maximum atomic E-state index is 13.0. The lowest BCUT2D eigenvalue weighted by Crippen LogP contribution is -2.14. The number of rotatable bonds is 8. The van der Waals surface area contributed by atoms with Crippen LogP contribution in [0.5, 0.6) is 0 Å². The van der Waals surface area contributed by atoms with E-state index in [1.807, 2.05) is 24.3 Å². The molecule has 0 aliphatic heterocycles. The average molecular weight is 1090 g/mol. The lowest BCUT2D eigenvalue weighted by atomic mass is 10.0. The van der Waals surface area contributed by atoms with Gasteiger partial charge in [0, 0.05) is 43.1 Å². The quantitative estimate of drug-likeness (QED) is 0.140. The van der Waals surface area contributed by atoms with Crippen LogP contribution < -0.4 is 0 Å². The summed E-state index contributed by atoms with van der Waals surface area (Å²) in [6.07, 6.45) is 0. The Balaban J connectivity index is 1.11. The van der Waals surface area contributed by atoms with Crippen molar-refractivity contribution in [3.63, 3.8) is 0 Å². The highest BCUT2D eigenvalue weighted by Gasteiger charge is 2.35. The fraction of sp³-hybridized carbons (Fsp3) is 0. The molecule has 0 spiro atoms. The Labute approximate surface area is 495 Å². The van der Waals surface area contributed by atoms with Gasteiger partial charge in [0.15, 0.2) is 0 Å². The molecular formula is C80H48N6. The molecule has 398 valence electrons. The second kappa shape index (κ2) is 19.3. The van der Waals surface area contributed by atoms with Crippen LogP contribution in [-0.2, 0) is 0 Å². The van der Waals surface area contributed by atoms with Crippen molar-refractivity contribution in [2.45, 2.75) is 0 Å². The summed E-state index contributed by atoms with van der Waals surface area (Å²) in [6.45, 7) is 10.1. The predicted octanol–water partition coefficient (Wildman–Crippen LogP) is 21.2. The third-order valence-electron chi connectivity index (χ3n) is 17.6. The molecule has 0 N–H and O–H groups in total. The number of hydrogen-bond acceptors (Lipinski definition) is 1. The minimum Gasteiger partial charge on any atom is -0.317 e. The molecule has 6 heteroatoms. The lowest BCUT2D eigenvalue weighted by molar-refractivity contribution is 1.04. The Bertz CT molecular complexity index is 5020. The predicted molar refractivity (Wildman–Crippen MR) is 357 cm³/mol. The standard InChI is InChI=1S/C80H48N6/c1-82-76-79(85-70-36-20-16-32-61(70)65-48-57(40-44-74(65)85)53-26-10-4-11-27-53)77(83-68-34-18-14-30-59(68)63-46-55(38-42-72(63)83)51-22-6-2-7-23-51)67(50-81)78(84-69-35-19-15-31-60(69)64-47-56(39-43-73(64)84)52-24-8-3-9-25-52)80(76)86-71-37-21-17-33-62(71)66-49-58(41-45-75(66)86)54-28-12-5-13-29-54/h2-49H. The van der Waals surface area contributed by atoms with E-state index in [-0.39, 0.29) is 0 Å². The Morgan fingerprint density at radius 2 is 0.477 bits per heavy atom. The van der Waals surface area contributed by atoms with Crippen LogP contribution in [0.3, 0.4) is 0 Å². The fourth-order valence-corrected chi connectivity index (χ4v) is 13.9. The van der Waals surface area contributed by atoms with Gasteiger partial charge in [-0.2, -0.15) is 5.26 Å². The van der Waals surface area contributed by atoms with Gasteiger partial charge in [-0.15, -0.1) is 0 Å². The monoisotopic (exact) mass is 1090 g/mol. The second-order valence-corrected chi connectivity index (χ2v) is 22.1. The zero-order valence-electron chi connectivity index (χ0n) is 46.4. The summed E-state index contributed by atoms with van der Waals surface area (Å²) in [7, 11) is 0. The average Bonchev–Trinajstić information content (AvgIpc) is 1.92. The van der Waals surface area contributed by atoms with E-state index in [1.54, 1.807) is 0 Å². The lowest BCUT2D eigenvalue weighted by Gasteiger charge is -2.27. The molecular weight excluding hydrogens is 1040 g/mol. The Morgan fingerprint density at radius 3 is 0.733 bits per heavy atom. The molecule has 86 heavy (non-hydrogen) atoms. The van der Waals surface area contributed by atoms with Gasteiger partial charge in [-0.3, -0.25) is 0 Å². The molecule has 0 aliphatic rings. The summed E-state index contributed by atoms with van der Waals surface area (Å²) in [5.41, 5.74) is 19.2. The molecule has 0 bridgehead atoms. The minimum absolute atomic E-state index is 0.386. The zero-order valence-corrected chi connectivity index (χ0v) is 46.4. The van der Waals surface area contributed by atoms with Crippen LogP contribution in [0.1, 0.15) is 5.56 Å². The smallest absolute Gasteiger partial charge is 0.238 e. The van der Waals surface area contributed by atoms with Crippen molar-refractivity contribution in [1.82, 2.24) is 18.3 Å². The van der Waals surface area contributed by atoms with Crippen molar-refractivity contribution < 1.29 is 0 Å². The molecule has 17 aromatic rings. The number of nitrogens with zero attached hydrogens (tertiary/aromatic N) is 6. The van der Waals surface area contributed by atoms with Crippen molar-refractivity contribution in [3.8, 4) is 73.3 Å². The normalized spacial score (nSPS) is 11.7. The number of hydrogen-bond donors (Lipinski definition) is 0. The van der Waals surface area contributed by atoms with Crippen molar-refractivity contribution >= 4 is 92.9 Å². The van der Waals surface area contributed by atoms with Crippen molar-refractivity contribution in [2.24, 2.45) is 0 Å². The van der Waals surface area contributed by atoms with E-state index < -0.39 is 0 Å². The van der Waals surface area contributed by atoms with Crippen LogP contribution in [0.15, 0.2) is 291 Å². The first-order chi connectivity index (χ1) is 42.6. The van der Waals surface area contributed by atoms with Crippen LogP contribution in [0.25, 0.3) is 159 Å². The van der Waals surface area contributed by atoms with Gasteiger partial charge in [0.25, 0.3) is 0 Å². The van der Waals surface area contributed by atoms with E-state index in [0.717, 1.165) is 132 Å². The van der Waals surface area contributed by atoms with Gasteiger partial charge >= 0.3 is 0 Å². The first-order valence-electron chi connectivity index (χ1n) is 29.0. The SMILES string of the molecule is [C-]#[N+]c1c(-n2c3ccccc3c3cc(-c4ccccc4)ccc32)c(-n2c3ccccc3c3cc(-c4ccccc4)ccc32)c(C#N)c(-n2c3ccccc3c3cc(-c4ccccc4)ccc32)c1-n1c2ccccc2c2cc(-c3ccccc3)ccc21. The van der Waals surface area contributed by atoms with Crippen LogP contribution in [0.4, 0.5) is 5.69 Å². The number of benzene rings is 13. The Morgan fingerprint density at radius 1 is 0.244 bits per heavy atom. The van der Waals surface area contributed by atoms with Crippen LogP contribution in [0.2, 0.25) is 0 Å². The van der Waals surface area contributed by atoms with Crippen molar-refractivity contribution in [2.75, 3.05) is 0 Å². The van der Waals surface area contributed by atoms with Gasteiger partial charge in [-0.25, -0.2) is 4.85 Å². The summed E-state index contributed by atoms with van der Waals surface area (Å²) in [4.78, 5) is 4.96. The van der Waals surface area contributed by atoms with Gasteiger partial charge in [0.2, 0.25) is 5.69 Å². The Hall–Kier alpha value is -12.0.